The van der Waals surface area contributed by atoms with Gasteiger partial charge in [0.25, 0.3) is 5.91 Å². The smallest absolute Gasteiger partial charge is 0.410 e. The Morgan fingerprint density at radius 3 is 2.07 bits per heavy atom. The van der Waals surface area contributed by atoms with Gasteiger partial charge in [-0.3, -0.25) is 15.1 Å². The molecule has 6 nitrogen and oxygen atoms in total. The number of hydrogen-bond acceptors (Lipinski definition) is 4. The highest BCUT2D eigenvalue weighted by Crippen LogP contribution is 2.16. The first-order chi connectivity index (χ1) is 13.8. The molecule has 0 atom stereocenters. The maximum Gasteiger partial charge on any atom is 0.410 e. The molecule has 0 aliphatic heterocycles. The minimum Gasteiger partial charge on any atom is -0.444 e. The summed E-state index contributed by atoms with van der Waals surface area (Å²) in [6, 6.07) is 17.0. The van der Waals surface area contributed by atoms with Crippen molar-refractivity contribution in [3.05, 3.63) is 71.3 Å². The van der Waals surface area contributed by atoms with E-state index >= 15 is 0 Å². The van der Waals surface area contributed by atoms with Crippen LogP contribution in [0.3, 0.4) is 0 Å². The molecule has 0 aromatic heterocycles. The minimum absolute atomic E-state index is 0.182. The number of carbonyl (C=O) groups is 2. The molecular formula is C23H31N3O3. The average molecular weight is 398 g/mol. The van der Waals surface area contributed by atoms with Gasteiger partial charge < -0.3 is 4.74 Å². The van der Waals surface area contributed by atoms with E-state index in [-0.39, 0.29) is 12.0 Å². The highest BCUT2D eigenvalue weighted by atomic mass is 16.6. The van der Waals surface area contributed by atoms with Gasteiger partial charge in [0.15, 0.2) is 0 Å². The van der Waals surface area contributed by atoms with Crippen molar-refractivity contribution < 1.29 is 14.3 Å². The van der Waals surface area contributed by atoms with Gasteiger partial charge in [-0.2, -0.15) is 0 Å². The number of ether oxygens (including phenoxy) is 1. The Bertz CT molecular complexity index is 783. The zero-order valence-corrected chi connectivity index (χ0v) is 17.7. The fourth-order valence-electron chi connectivity index (χ4n) is 2.64. The highest BCUT2D eigenvalue weighted by Gasteiger charge is 2.22. The summed E-state index contributed by atoms with van der Waals surface area (Å²) in [6.45, 7) is 9.13. The maximum atomic E-state index is 12.7. The lowest BCUT2D eigenvalue weighted by Gasteiger charge is -2.27. The number of carbonyl (C=O) groups excluding carboxylic acids is 2. The largest absolute Gasteiger partial charge is 0.444 e. The zero-order chi connectivity index (χ0) is 21.3. The van der Waals surface area contributed by atoms with Gasteiger partial charge in [0.2, 0.25) is 0 Å². The highest BCUT2D eigenvalue weighted by molar-refractivity contribution is 5.93. The first kappa shape index (κ1) is 22.4. The molecule has 2 amide bonds. The van der Waals surface area contributed by atoms with Gasteiger partial charge in [-0.25, -0.2) is 10.2 Å². The van der Waals surface area contributed by atoms with Crippen LogP contribution in [0, 0.1) is 0 Å². The predicted octanol–water partition coefficient (Wildman–Crippen LogP) is 4.27. The number of hydrogen-bond donors (Lipinski definition) is 2. The molecule has 2 aromatic carbocycles. The molecule has 2 rings (SSSR count). The molecule has 0 fully saturated rings. The van der Waals surface area contributed by atoms with E-state index in [1.807, 2.05) is 70.2 Å². The number of nitrogens with one attached hydrogen (secondary N) is 2. The van der Waals surface area contributed by atoms with Gasteiger partial charge in [0.05, 0.1) is 0 Å². The lowest BCUT2D eigenvalue weighted by Crippen LogP contribution is -2.37. The number of rotatable bonds is 8. The minimum atomic E-state index is -0.570. The van der Waals surface area contributed by atoms with E-state index in [9.17, 15) is 9.59 Å². The topological polar surface area (TPSA) is 70.7 Å². The molecule has 2 aromatic rings. The second-order valence-electron chi connectivity index (χ2n) is 7.90. The third-order valence-corrected chi connectivity index (χ3v) is 4.03. The van der Waals surface area contributed by atoms with E-state index in [4.69, 9.17) is 4.74 Å². The van der Waals surface area contributed by atoms with Crippen LogP contribution in [0.1, 0.15) is 55.6 Å². The number of hydrazine groups is 1. The molecule has 0 saturated heterocycles. The molecule has 0 saturated carbocycles. The normalized spacial score (nSPS) is 11.0. The van der Waals surface area contributed by atoms with Gasteiger partial charge in [-0.05, 0) is 50.5 Å². The summed E-state index contributed by atoms with van der Waals surface area (Å²) in [7, 11) is 0. The van der Waals surface area contributed by atoms with E-state index in [2.05, 4.69) is 10.9 Å². The van der Waals surface area contributed by atoms with Crippen LogP contribution in [0.15, 0.2) is 54.6 Å². The monoisotopic (exact) mass is 397 g/mol. The fraction of sp³-hybridized carbons (Fsp3) is 0.391. The van der Waals surface area contributed by atoms with E-state index in [1.165, 1.54) is 0 Å². The molecule has 0 radical (unpaired) electrons. The Labute approximate surface area is 173 Å². The lowest BCUT2D eigenvalue weighted by molar-refractivity contribution is 0.0216. The third kappa shape index (κ3) is 7.95. The Kier molecular flexibility index (Phi) is 8.21. The number of benzene rings is 2. The molecule has 0 unspecified atom stereocenters. The second kappa shape index (κ2) is 10.6. The SMILES string of the molecule is CCCNNC(=O)c1ccc(CN(Cc2ccccc2)C(=O)OC(C)(C)C)cc1. The zero-order valence-electron chi connectivity index (χ0n) is 17.7. The van der Waals surface area contributed by atoms with Crippen LogP contribution in [-0.4, -0.2) is 29.0 Å². The standard InChI is InChI=1S/C23H31N3O3/c1-5-15-24-25-21(27)20-13-11-19(12-14-20)17-26(22(28)29-23(2,3)4)16-18-9-7-6-8-10-18/h6-14,24H,5,15-17H2,1-4H3,(H,25,27). The lowest BCUT2D eigenvalue weighted by atomic mass is 10.1. The van der Waals surface area contributed by atoms with Gasteiger partial charge >= 0.3 is 6.09 Å². The maximum absolute atomic E-state index is 12.7. The van der Waals surface area contributed by atoms with Gasteiger partial charge in [0.1, 0.15) is 5.60 Å². The second-order valence-corrected chi connectivity index (χ2v) is 7.90. The van der Waals surface area contributed by atoms with Crippen molar-refractivity contribution in [1.29, 1.82) is 0 Å². The predicted molar refractivity (Wildman–Crippen MR) is 114 cm³/mol. The molecule has 0 heterocycles. The van der Waals surface area contributed by atoms with Crippen LogP contribution in [0.4, 0.5) is 4.79 Å². The molecule has 0 bridgehead atoms. The molecule has 0 aliphatic rings. The fourth-order valence-corrected chi connectivity index (χ4v) is 2.64. The summed E-state index contributed by atoms with van der Waals surface area (Å²) in [5.41, 5.74) is 7.47. The average Bonchev–Trinajstić information content (AvgIpc) is 2.67. The number of amides is 2. The van der Waals surface area contributed by atoms with E-state index < -0.39 is 5.60 Å². The quantitative estimate of drug-likeness (QED) is 0.516. The molecule has 2 N–H and O–H groups in total. The van der Waals surface area contributed by atoms with Gasteiger partial charge in [-0.1, -0.05) is 49.4 Å². The van der Waals surface area contributed by atoms with Crippen LogP contribution in [0.25, 0.3) is 0 Å². The first-order valence-electron chi connectivity index (χ1n) is 9.92. The summed E-state index contributed by atoms with van der Waals surface area (Å²) in [6.07, 6.45) is 0.563. The van der Waals surface area contributed by atoms with Crippen molar-refractivity contribution in [1.82, 2.24) is 15.8 Å². The molecule has 0 spiro atoms. The Morgan fingerprint density at radius 2 is 1.52 bits per heavy atom. The molecular weight excluding hydrogens is 366 g/mol. The van der Waals surface area contributed by atoms with Crippen LogP contribution < -0.4 is 10.9 Å². The Morgan fingerprint density at radius 1 is 0.931 bits per heavy atom. The van der Waals surface area contributed by atoms with Gasteiger partial charge in [-0.15, -0.1) is 0 Å². The molecule has 6 heteroatoms. The summed E-state index contributed by atoms with van der Waals surface area (Å²) in [4.78, 5) is 26.5. The summed E-state index contributed by atoms with van der Waals surface area (Å²) >= 11 is 0. The van der Waals surface area contributed by atoms with Crippen LogP contribution in [0.5, 0.6) is 0 Å². The Balaban J connectivity index is 2.09. The van der Waals surface area contributed by atoms with Crippen molar-refractivity contribution in [2.45, 2.75) is 52.8 Å². The van der Waals surface area contributed by atoms with Crippen molar-refractivity contribution in [3.8, 4) is 0 Å². The van der Waals surface area contributed by atoms with Crippen molar-refractivity contribution in [3.63, 3.8) is 0 Å². The summed E-state index contributed by atoms with van der Waals surface area (Å²) < 4.78 is 5.58. The first-order valence-corrected chi connectivity index (χ1v) is 9.92. The van der Waals surface area contributed by atoms with E-state index in [0.29, 0.717) is 25.2 Å². The molecule has 29 heavy (non-hydrogen) atoms. The van der Waals surface area contributed by atoms with Crippen molar-refractivity contribution in [2.75, 3.05) is 6.54 Å². The molecule has 0 aliphatic carbocycles. The van der Waals surface area contributed by atoms with Crippen molar-refractivity contribution >= 4 is 12.0 Å². The van der Waals surface area contributed by atoms with Crippen molar-refractivity contribution in [2.24, 2.45) is 0 Å². The summed E-state index contributed by atoms with van der Waals surface area (Å²) in [5.74, 6) is -0.182. The molecule has 156 valence electrons. The third-order valence-electron chi connectivity index (χ3n) is 4.03. The number of nitrogens with zero attached hydrogens (tertiary/aromatic N) is 1. The van der Waals surface area contributed by atoms with Crippen LogP contribution >= 0.6 is 0 Å². The van der Waals surface area contributed by atoms with Gasteiger partial charge in [0, 0.05) is 25.2 Å². The Hall–Kier alpha value is -2.86. The summed E-state index contributed by atoms with van der Waals surface area (Å²) in [5, 5.41) is 0. The van der Waals surface area contributed by atoms with E-state index in [1.54, 1.807) is 17.0 Å². The van der Waals surface area contributed by atoms with E-state index in [0.717, 1.165) is 17.5 Å². The van der Waals surface area contributed by atoms with Crippen LogP contribution in [-0.2, 0) is 17.8 Å². The van der Waals surface area contributed by atoms with Crippen LogP contribution in [0.2, 0.25) is 0 Å².